The van der Waals surface area contributed by atoms with Crippen LogP contribution in [0, 0.1) is 0 Å². The summed E-state index contributed by atoms with van der Waals surface area (Å²) in [7, 11) is 1.51. The van der Waals surface area contributed by atoms with Crippen molar-refractivity contribution in [3.63, 3.8) is 0 Å². The van der Waals surface area contributed by atoms with E-state index in [1.54, 1.807) is 18.2 Å². The van der Waals surface area contributed by atoms with E-state index in [1.165, 1.54) is 7.11 Å². The molecule has 0 atom stereocenters. The first-order valence-corrected chi connectivity index (χ1v) is 4.83. The van der Waals surface area contributed by atoms with Crippen molar-refractivity contribution in [3.8, 4) is 11.5 Å². The Balaban J connectivity index is 3.08. The van der Waals surface area contributed by atoms with Crippen molar-refractivity contribution in [1.29, 1.82) is 0 Å². The SMILES string of the molecule is C=C(C(=O)O)c1ccc(OCC)c(OC)c1. The molecule has 1 aromatic carbocycles. The average Bonchev–Trinajstić information content (AvgIpc) is 2.29. The number of hydrogen-bond acceptors (Lipinski definition) is 3. The summed E-state index contributed by atoms with van der Waals surface area (Å²) in [6.45, 7) is 5.87. The Hall–Kier alpha value is -1.97. The largest absolute Gasteiger partial charge is 0.493 e. The summed E-state index contributed by atoms with van der Waals surface area (Å²) in [5.41, 5.74) is 0.536. The highest BCUT2D eigenvalue weighted by Gasteiger charge is 2.11. The van der Waals surface area contributed by atoms with E-state index in [9.17, 15) is 4.79 Å². The summed E-state index contributed by atoms with van der Waals surface area (Å²) in [4.78, 5) is 10.7. The summed E-state index contributed by atoms with van der Waals surface area (Å²) < 4.78 is 10.4. The van der Waals surface area contributed by atoms with Crippen LogP contribution >= 0.6 is 0 Å². The summed E-state index contributed by atoms with van der Waals surface area (Å²) in [6, 6.07) is 4.91. The topological polar surface area (TPSA) is 55.8 Å². The van der Waals surface area contributed by atoms with Crippen molar-refractivity contribution in [3.05, 3.63) is 30.3 Å². The summed E-state index contributed by atoms with van der Waals surface area (Å²) in [5, 5.41) is 8.80. The van der Waals surface area contributed by atoms with Crippen LogP contribution in [-0.2, 0) is 4.79 Å². The van der Waals surface area contributed by atoms with Crippen LogP contribution in [0.15, 0.2) is 24.8 Å². The van der Waals surface area contributed by atoms with E-state index in [2.05, 4.69) is 6.58 Å². The molecule has 0 saturated heterocycles. The first-order chi connectivity index (χ1) is 7.60. The highest BCUT2D eigenvalue weighted by Crippen LogP contribution is 2.30. The van der Waals surface area contributed by atoms with E-state index in [0.717, 1.165) is 0 Å². The molecule has 16 heavy (non-hydrogen) atoms. The minimum Gasteiger partial charge on any atom is -0.493 e. The first-order valence-electron chi connectivity index (χ1n) is 4.83. The molecule has 1 N–H and O–H groups in total. The van der Waals surface area contributed by atoms with Crippen LogP contribution in [0.2, 0.25) is 0 Å². The molecule has 1 rings (SSSR count). The summed E-state index contributed by atoms with van der Waals surface area (Å²) >= 11 is 0. The van der Waals surface area contributed by atoms with Gasteiger partial charge in [-0.25, -0.2) is 4.79 Å². The molecular weight excluding hydrogens is 208 g/mol. The predicted molar refractivity (Wildman–Crippen MR) is 60.8 cm³/mol. The minimum absolute atomic E-state index is 0.0290. The average molecular weight is 222 g/mol. The third-order valence-electron chi connectivity index (χ3n) is 2.07. The molecule has 0 spiro atoms. The van der Waals surface area contributed by atoms with Gasteiger partial charge >= 0.3 is 5.97 Å². The molecule has 1 aromatic rings. The second-order valence-corrected chi connectivity index (χ2v) is 3.08. The normalized spacial score (nSPS) is 9.62. The minimum atomic E-state index is -1.05. The van der Waals surface area contributed by atoms with Crippen LogP contribution in [0.4, 0.5) is 0 Å². The molecule has 0 heterocycles. The molecule has 0 fully saturated rings. The Labute approximate surface area is 94.1 Å². The molecule has 86 valence electrons. The maximum absolute atomic E-state index is 10.7. The molecule has 0 unspecified atom stereocenters. The quantitative estimate of drug-likeness (QED) is 0.776. The van der Waals surface area contributed by atoms with Gasteiger partial charge in [0.2, 0.25) is 0 Å². The van der Waals surface area contributed by atoms with Gasteiger partial charge < -0.3 is 14.6 Å². The van der Waals surface area contributed by atoms with Crippen LogP contribution in [0.25, 0.3) is 5.57 Å². The number of benzene rings is 1. The number of aliphatic carboxylic acids is 1. The van der Waals surface area contributed by atoms with Gasteiger partial charge in [-0.05, 0) is 24.6 Å². The van der Waals surface area contributed by atoms with Gasteiger partial charge in [-0.2, -0.15) is 0 Å². The lowest BCUT2D eigenvalue weighted by Crippen LogP contribution is -2.00. The Kier molecular flexibility index (Phi) is 3.94. The van der Waals surface area contributed by atoms with Gasteiger partial charge in [-0.3, -0.25) is 0 Å². The molecule has 0 radical (unpaired) electrons. The second kappa shape index (κ2) is 5.21. The molecule has 0 saturated carbocycles. The maximum atomic E-state index is 10.7. The van der Waals surface area contributed by atoms with E-state index in [-0.39, 0.29) is 5.57 Å². The van der Waals surface area contributed by atoms with Crippen LogP contribution in [0.3, 0.4) is 0 Å². The molecule has 0 amide bonds. The van der Waals surface area contributed by atoms with E-state index in [1.807, 2.05) is 6.92 Å². The van der Waals surface area contributed by atoms with Crippen molar-refractivity contribution in [2.75, 3.05) is 13.7 Å². The zero-order chi connectivity index (χ0) is 12.1. The molecule has 0 aliphatic heterocycles. The van der Waals surface area contributed by atoms with Gasteiger partial charge in [0.25, 0.3) is 0 Å². The van der Waals surface area contributed by atoms with E-state index >= 15 is 0 Å². The number of hydrogen-bond donors (Lipinski definition) is 1. The lowest BCUT2D eigenvalue weighted by Gasteiger charge is -2.10. The number of carbonyl (C=O) groups is 1. The van der Waals surface area contributed by atoms with Gasteiger partial charge in [-0.15, -0.1) is 0 Å². The van der Waals surface area contributed by atoms with Crippen molar-refractivity contribution in [2.45, 2.75) is 6.92 Å². The number of ether oxygens (including phenoxy) is 2. The van der Waals surface area contributed by atoms with E-state index in [0.29, 0.717) is 23.7 Å². The fraction of sp³-hybridized carbons (Fsp3) is 0.250. The number of carboxylic acids is 1. The molecule has 0 aromatic heterocycles. The highest BCUT2D eigenvalue weighted by atomic mass is 16.5. The zero-order valence-corrected chi connectivity index (χ0v) is 9.32. The van der Waals surface area contributed by atoms with E-state index < -0.39 is 5.97 Å². The Morgan fingerprint density at radius 3 is 2.62 bits per heavy atom. The summed E-state index contributed by atoms with van der Waals surface area (Å²) in [6.07, 6.45) is 0. The molecule has 0 bridgehead atoms. The standard InChI is InChI=1S/C12H14O4/c1-4-16-10-6-5-9(7-11(10)15-3)8(2)12(13)14/h5-7H,2,4H2,1,3H3,(H,13,14). The predicted octanol–water partition coefficient (Wildman–Crippen LogP) is 2.19. The first kappa shape index (κ1) is 12.1. The van der Waals surface area contributed by atoms with Crippen molar-refractivity contribution >= 4 is 11.5 Å². The van der Waals surface area contributed by atoms with Crippen molar-refractivity contribution in [2.24, 2.45) is 0 Å². The number of carboxylic acid groups (broad SMARTS) is 1. The van der Waals surface area contributed by atoms with Gasteiger partial charge in [0.1, 0.15) is 0 Å². The van der Waals surface area contributed by atoms with Crippen LogP contribution in [0.5, 0.6) is 11.5 Å². The Morgan fingerprint density at radius 1 is 1.44 bits per heavy atom. The van der Waals surface area contributed by atoms with Crippen molar-refractivity contribution in [1.82, 2.24) is 0 Å². The van der Waals surface area contributed by atoms with Gasteiger partial charge in [0.15, 0.2) is 11.5 Å². The third kappa shape index (κ3) is 2.53. The molecule has 0 aliphatic carbocycles. The fourth-order valence-electron chi connectivity index (χ4n) is 1.25. The monoisotopic (exact) mass is 222 g/mol. The smallest absolute Gasteiger partial charge is 0.335 e. The zero-order valence-electron chi connectivity index (χ0n) is 9.32. The van der Waals surface area contributed by atoms with Gasteiger partial charge in [-0.1, -0.05) is 12.6 Å². The number of methoxy groups -OCH3 is 1. The molecule has 4 nitrogen and oxygen atoms in total. The molecule has 0 aliphatic rings. The third-order valence-corrected chi connectivity index (χ3v) is 2.07. The highest BCUT2D eigenvalue weighted by molar-refractivity contribution is 6.14. The second-order valence-electron chi connectivity index (χ2n) is 3.08. The maximum Gasteiger partial charge on any atom is 0.335 e. The lowest BCUT2D eigenvalue weighted by atomic mass is 10.1. The Bertz CT molecular complexity index is 409. The van der Waals surface area contributed by atoms with Crippen LogP contribution < -0.4 is 9.47 Å². The van der Waals surface area contributed by atoms with E-state index in [4.69, 9.17) is 14.6 Å². The van der Waals surface area contributed by atoms with Crippen LogP contribution in [-0.4, -0.2) is 24.8 Å². The molecule has 4 heteroatoms. The van der Waals surface area contributed by atoms with Gasteiger partial charge in [0.05, 0.1) is 19.3 Å². The summed E-state index contributed by atoms with van der Waals surface area (Å²) in [5.74, 6) is 0.0416. The molecular formula is C12H14O4. The fourth-order valence-corrected chi connectivity index (χ4v) is 1.25. The van der Waals surface area contributed by atoms with Crippen LogP contribution in [0.1, 0.15) is 12.5 Å². The lowest BCUT2D eigenvalue weighted by molar-refractivity contribution is -0.130. The van der Waals surface area contributed by atoms with Crippen molar-refractivity contribution < 1.29 is 19.4 Å². The Morgan fingerprint density at radius 2 is 2.12 bits per heavy atom. The van der Waals surface area contributed by atoms with Gasteiger partial charge in [0, 0.05) is 0 Å². The number of rotatable bonds is 5.